The molecule has 0 spiro atoms. The number of unbranched alkanes of at least 4 members (excludes halogenated alkanes) is 7. The van der Waals surface area contributed by atoms with Crippen LogP contribution < -0.4 is 34.6 Å². The molecule has 6 heteroatoms. The fourth-order valence-electron chi connectivity index (χ4n) is 4.03. The third-order valence-corrected chi connectivity index (χ3v) is 5.73. The molecule has 0 aliphatic carbocycles. The third-order valence-electron chi connectivity index (χ3n) is 5.73. The van der Waals surface area contributed by atoms with Crippen LogP contribution >= 0.6 is 0 Å². The first kappa shape index (κ1) is 27.6. The maximum Gasteiger partial charge on any atom is 0.132 e. The third kappa shape index (κ3) is 11.0. The smallest absolute Gasteiger partial charge is 0.132 e. The number of aliphatic hydroxyl groups is 1. The highest BCUT2D eigenvalue weighted by Gasteiger charge is 2.25. The number of hydrogen-bond donors (Lipinski definition) is 3. The number of benzene rings is 1. The van der Waals surface area contributed by atoms with E-state index < -0.39 is 0 Å². The van der Waals surface area contributed by atoms with Gasteiger partial charge in [-0.05, 0) is 18.6 Å². The van der Waals surface area contributed by atoms with Crippen molar-refractivity contribution in [3.8, 4) is 0 Å². The van der Waals surface area contributed by atoms with Crippen LogP contribution in [0.2, 0.25) is 0 Å². The Morgan fingerprint density at radius 1 is 0.857 bits per heavy atom. The summed E-state index contributed by atoms with van der Waals surface area (Å²) in [4.78, 5) is 2.95. The summed E-state index contributed by atoms with van der Waals surface area (Å²) in [6.45, 7) is 7.43. The molecule has 1 saturated heterocycles. The Kier molecular flexibility index (Phi) is 16.2. The number of rotatable bonds is 12. The van der Waals surface area contributed by atoms with Crippen molar-refractivity contribution in [2.75, 3.05) is 32.7 Å². The van der Waals surface area contributed by atoms with Gasteiger partial charge in [0, 0.05) is 12.1 Å². The quantitative estimate of drug-likeness (QED) is 0.287. The highest BCUT2D eigenvalue weighted by atomic mass is 35.5. The molecule has 1 atom stereocenters. The molecule has 0 bridgehead atoms. The summed E-state index contributed by atoms with van der Waals surface area (Å²) in [5, 5.41) is 10.3. The molecule has 0 saturated carbocycles. The van der Waals surface area contributed by atoms with E-state index >= 15 is 0 Å². The van der Waals surface area contributed by atoms with Gasteiger partial charge >= 0.3 is 0 Å². The fraction of sp³-hybridized carbons (Fsp3) is 0.727. The van der Waals surface area contributed by atoms with E-state index in [-0.39, 0.29) is 36.7 Å². The Balaban J connectivity index is 0.00000364. The fourth-order valence-corrected chi connectivity index (χ4v) is 4.03. The lowest BCUT2D eigenvalue weighted by Gasteiger charge is -2.30. The second-order valence-electron chi connectivity index (χ2n) is 7.98. The SMILES string of the molecule is CCCCCCCCCCC(O)C[NH+]1CC[NH+](c2ccc(F)cc2)CC1.[Cl-].[Cl-]. The van der Waals surface area contributed by atoms with Gasteiger partial charge in [0.25, 0.3) is 0 Å². The predicted molar refractivity (Wildman–Crippen MR) is 106 cm³/mol. The molecule has 1 heterocycles. The number of piperazine rings is 1. The summed E-state index contributed by atoms with van der Waals surface area (Å²) in [6, 6.07) is 6.89. The van der Waals surface area contributed by atoms with Crippen LogP contribution in [0.3, 0.4) is 0 Å². The van der Waals surface area contributed by atoms with Gasteiger partial charge in [0.2, 0.25) is 0 Å². The molecule has 1 fully saturated rings. The second-order valence-corrected chi connectivity index (χ2v) is 7.98. The van der Waals surface area contributed by atoms with Crippen LogP contribution in [0.5, 0.6) is 0 Å². The summed E-state index contributed by atoms with van der Waals surface area (Å²) in [7, 11) is 0. The number of hydrogen-bond acceptors (Lipinski definition) is 1. The summed E-state index contributed by atoms with van der Waals surface area (Å²) < 4.78 is 13.0. The zero-order valence-corrected chi connectivity index (χ0v) is 18.9. The van der Waals surface area contributed by atoms with Gasteiger partial charge in [-0.1, -0.05) is 58.3 Å². The van der Waals surface area contributed by atoms with Gasteiger partial charge in [-0.3, -0.25) is 4.90 Å². The van der Waals surface area contributed by atoms with E-state index in [2.05, 4.69) is 6.92 Å². The lowest BCUT2D eigenvalue weighted by Crippen LogP contribution is -3.26. The molecular formula is C22H39Cl2FN2O. The van der Waals surface area contributed by atoms with Crippen LogP contribution in [0.1, 0.15) is 64.7 Å². The second kappa shape index (κ2) is 16.4. The van der Waals surface area contributed by atoms with Gasteiger partial charge in [-0.25, -0.2) is 4.39 Å². The normalized spacial score (nSPS) is 20.1. The largest absolute Gasteiger partial charge is 1.00 e. The summed E-state index contributed by atoms with van der Waals surface area (Å²) in [6.07, 6.45) is 11.3. The van der Waals surface area contributed by atoms with Crippen molar-refractivity contribution in [3.05, 3.63) is 30.1 Å². The number of quaternary nitrogens is 2. The zero-order valence-electron chi connectivity index (χ0n) is 17.4. The minimum atomic E-state index is -0.165. The Hall–Kier alpha value is -0.390. The molecule has 3 nitrogen and oxygen atoms in total. The van der Waals surface area contributed by atoms with E-state index in [1.807, 2.05) is 12.1 Å². The van der Waals surface area contributed by atoms with Crippen LogP contribution in [-0.4, -0.2) is 43.9 Å². The van der Waals surface area contributed by atoms with E-state index in [1.54, 1.807) is 12.1 Å². The molecule has 1 unspecified atom stereocenters. The number of halogens is 3. The molecule has 1 aromatic rings. The average Bonchev–Trinajstić information content (AvgIpc) is 2.65. The minimum absolute atomic E-state index is 0. The predicted octanol–water partition coefficient (Wildman–Crippen LogP) is -3.86. The van der Waals surface area contributed by atoms with Crippen LogP contribution in [0, 0.1) is 5.82 Å². The lowest BCUT2D eigenvalue weighted by atomic mass is 10.1. The molecule has 28 heavy (non-hydrogen) atoms. The van der Waals surface area contributed by atoms with Gasteiger partial charge in [-0.15, -0.1) is 0 Å². The first-order chi connectivity index (χ1) is 12.7. The van der Waals surface area contributed by atoms with E-state index in [9.17, 15) is 9.50 Å². The zero-order chi connectivity index (χ0) is 18.6. The maximum atomic E-state index is 13.0. The molecule has 0 amide bonds. The van der Waals surface area contributed by atoms with Crippen molar-refractivity contribution in [3.63, 3.8) is 0 Å². The van der Waals surface area contributed by atoms with E-state index in [0.29, 0.717) is 0 Å². The summed E-state index contributed by atoms with van der Waals surface area (Å²) in [5.41, 5.74) is 1.19. The molecule has 1 aromatic carbocycles. The highest BCUT2D eigenvalue weighted by molar-refractivity contribution is 5.28. The van der Waals surface area contributed by atoms with Crippen molar-refractivity contribution in [2.24, 2.45) is 0 Å². The van der Waals surface area contributed by atoms with Gasteiger partial charge < -0.3 is 34.8 Å². The monoisotopic (exact) mass is 436 g/mol. The highest BCUT2D eigenvalue weighted by Crippen LogP contribution is 2.10. The van der Waals surface area contributed by atoms with Crippen molar-refractivity contribution < 1.29 is 44.1 Å². The Labute approximate surface area is 183 Å². The first-order valence-electron chi connectivity index (χ1n) is 10.8. The maximum absolute atomic E-state index is 13.0. The molecule has 3 N–H and O–H groups in total. The van der Waals surface area contributed by atoms with E-state index in [4.69, 9.17) is 0 Å². The van der Waals surface area contributed by atoms with E-state index in [1.165, 1.54) is 60.4 Å². The van der Waals surface area contributed by atoms with Gasteiger partial charge in [-0.2, -0.15) is 0 Å². The minimum Gasteiger partial charge on any atom is -1.00 e. The topological polar surface area (TPSA) is 29.1 Å². The van der Waals surface area contributed by atoms with Gasteiger partial charge in [0.05, 0.1) is 0 Å². The van der Waals surface area contributed by atoms with E-state index in [0.717, 1.165) is 45.6 Å². The van der Waals surface area contributed by atoms with Crippen LogP contribution in [0.4, 0.5) is 10.1 Å². The first-order valence-corrected chi connectivity index (χ1v) is 10.8. The molecule has 0 aromatic heterocycles. The van der Waals surface area contributed by atoms with Gasteiger partial charge in [0.15, 0.2) is 0 Å². The number of aliphatic hydroxyl groups excluding tert-OH is 1. The molecule has 164 valence electrons. The van der Waals surface area contributed by atoms with Crippen LogP contribution in [-0.2, 0) is 0 Å². The van der Waals surface area contributed by atoms with Crippen LogP contribution in [0.25, 0.3) is 0 Å². The van der Waals surface area contributed by atoms with Crippen molar-refractivity contribution in [1.82, 2.24) is 0 Å². The summed E-state index contributed by atoms with van der Waals surface area (Å²) in [5.74, 6) is -0.165. The Bertz CT molecular complexity index is 482. The van der Waals surface area contributed by atoms with Crippen LogP contribution in [0.15, 0.2) is 24.3 Å². The molecule has 0 radical (unpaired) electrons. The van der Waals surface area contributed by atoms with Gasteiger partial charge in [0.1, 0.15) is 50.3 Å². The molecule has 2 rings (SSSR count). The van der Waals surface area contributed by atoms with Crippen molar-refractivity contribution in [1.29, 1.82) is 0 Å². The molecule has 1 aliphatic heterocycles. The number of nitrogens with one attached hydrogen (secondary N) is 2. The Morgan fingerprint density at radius 3 is 1.96 bits per heavy atom. The van der Waals surface area contributed by atoms with Crippen molar-refractivity contribution >= 4 is 5.69 Å². The molecular weight excluding hydrogens is 398 g/mol. The standard InChI is InChI=1S/C22H37FN2O.2ClH/c1-2-3-4-5-6-7-8-9-10-22(26)19-24-15-17-25(18-16-24)21-13-11-20(23)12-14-21;;/h11-14,22,26H,2-10,15-19H2,1H3;2*1H. The average molecular weight is 437 g/mol. The summed E-state index contributed by atoms with van der Waals surface area (Å²) >= 11 is 0. The molecule has 1 aliphatic rings. The Morgan fingerprint density at radius 2 is 1.39 bits per heavy atom. The van der Waals surface area contributed by atoms with Crippen molar-refractivity contribution in [2.45, 2.75) is 70.8 Å². The lowest BCUT2D eigenvalue weighted by molar-refractivity contribution is -0.988.